The zero-order valence-corrected chi connectivity index (χ0v) is 19.5. The third-order valence-electron chi connectivity index (χ3n) is 4.80. The first kappa shape index (κ1) is 24.5. The number of ether oxygens (including phenoxy) is 3. The van der Waals surface area contributed by atoms with Crippen LogP contribution in [0.15, 0.2) is 77.9 Å². The van der Waals surface area contributed by atoms with E-state index in [1.807, 2.05) is 37.3 Å². The van der Waals surface area contributed by atoms with E-state index in [0.29, 0.717) is 40.9 Å². The SMILES string of the molecule is CCOc1cc(/C=N\NC(=O)COc2ccc(C(C)C)cc2)ccc1OC(=O)c1ccccc1. The van der Waals surface area contributed by atoms with Crippen LogP contribution >= 0.6 is 0 Å². The highest BCUT2D eigenvalue weighted by Crippen LogP contribution is 2.29. The number of nitrogens with one attached hydrogen (secondary N) is 1. The van der Waals surface area contributed by atoms with Crippen molar-refractivity contribution >= 4 is 18.1 Å². The van der Waals surface area contributed by atoms with Gasteiger partial charge in [-0.25, -0.2) is 10.2 Å². The second kappa shape index (κ2) is 12.2. The summed E-state index contributed by atoms with van der Waals surface area (Å²) in [6, 6.07) is 21.4. The van der Waals surface area contributed by atoms with E-state index in [-0.39, 0.29) is 12.5 Å². The Labute approximate surface area is 199 Å². The van der Waals surface area contributed by atoms with Gasteiger partial charge in [-0.3, -0.25) is 4.79 Å². The summed E-state index contributed by atoms with van der Waals surface area (Å²) in [6.45, 7) is 6.30. The molecule has 0 saturated carbocycles. The van der Waals surface area contributed by atoms with E-state index in [0.717, 1.165) is 0 Å². The van der Waals surface area contributed by atoms with Gasteiger partial charge in [0, 0.05) is 0 Å². The molecule has 0 bridgehead atoms. The summed E-state index contributed by atoms with van der Waals surface area (Å²) in [5, 5.41) is 3.96. The first-order chi connectivity index (χ1) is 16.5. The van der Waals surface area contributed by atoms with E-state index >= 15 is 0 Å². The number of hydrogen-bond acceptors (Lipinski definition) is 6. The van der Waals surface area contributed by atoms with E-state index in [1.165, 1.54) is 11.8 Å². The molecule has 0 fully saturated rings. The van der Waals surface area contributed by atoms with Gasteiger partial charge < -0.3 is 14.2 Å². The number of hydrogen-bond donors (Lipinski definition) is 1. The highest BCUT2D eigenvalue weighted by atomic mass is 16.6. The Morgan fingerprint density at radius 1 is 0.941 bits per heavy atom. The molecule has 176 valence electrons. The van der Waals surface area contributed by atoms with Crippen molar-refractivity contribution < 1.29 is 23.8 Å². The van der Waals surface area contributed by atoms with Crippen LogP contribution in [0.2, 0.25) is 0 Å². The third-order valence-corrected chi connectivity index (χ3v) is 4.80. The number of rotatable bonds is 10. The minimum absolute atomic E-state index is 0.156. The number of esters is 1. The summed E-state index contributed by atoms with van der Waals surface area (Å²) in [5.41, 5.74) is 4.73. The molecular formula is C27H28N2O5. The van der Waals surface area contributed by atoms with Crippen molar-refractivity contribution in [1.82, 2.24) is 5.43 Å². The average molecular weight is 461 g/mol. The van der Waals surface area contributed by atoms with Crippen LogP contribution in [0.1, 0.15) is 48.2 Å². The van der Waals surface area contributed by atoms with Gasteiger partial charge in [0.15, 0.2) is 18.1 Å². The van der Waals surface area contributed by atoms with Gasteiger partial charge in [0.05, 0.1) is 18.4 Å². The molecule has 0 spiro atoms. The second-order valence-corrected chi connectivity index (χ2v) is 7.70. The van der Waals surface area contributed by atoms with Crippen LogP contribution in [-0.2, 0) is 4.79 Å². The van der Waals surface area contributed by atoms with Gasteiger partial charge in [0.1, 0.15) is 5.75 Å². The second-order valence-electron chi connectivity index (χ2n) is 7.70. The van der Waals surface area contributed by atoms with E-state index < -0.39 is 5.97 Å². The summed E-state index contributed by atoms with van der Waals surface area (Å²) >= 11 is 0. The molecule has 1 amide bonds. The first-order valence-corrected chi connectivity index (χ1v) is 11.0. The normalized spacial score (nSPS) is 10.8. The summed E-state index contributed by atoms with van der Waals surface area (Å²) in [4.78, 5) is 24.4. The average Bonchev–Trinajstić information content (AvgIpc) is 2.85. The van der Waals surface area contributed by atoms with E-state index in [2.05, 4.69) is 24.4 Å². The molecule has 3 aromatic carbocycles. The molecule has 0 unspecified atom stereocenters. The van der Waals surface area contributed by atoms with Crippen LogP contribution in [0.4, 0.5) is 0 Å². The van der Waals surface area contributed by atoms with Gasteiger partial charge in [-0.2, -0.15) is 5.10 Å². The molecule has 3 rings (SSSR count). The Kier molecular flexibility index (Phi) is 8.80. The van der Waals surface area contributed by atoms with Gasteiger partial charge in [0.2, 0.25) is 0 Å². The van der Waals surface area contributed by atoms with Crippen molar-refractivity contribution in [3.63, 3.8) is 0 Å². The summed E-state index contributed by atoms with van der Waals surface area (Å²) in [6.07, 6.45) is 1.47. The molecular weight excluding hydrogens is 432 g/mol. The molecule has 34 heavy (non-hydrogen) atoms. The monoisotopic (exact) mass is 460 g/mol. The van der Waals surface area contributed by atoms with Crippen LogP contribution in [0.5, 0.6) is 17.2 Å². The van der Waals surface area contributed by atoms with Gasteiger partial charge in [-0.1, -0.05) is 44.2 Å². The number of amides is 1. The Morgan fingerprint density at radius 3 is 2.35 bits per heavy atom. The standard InChI is InChI=1S/C27H28N2O5/c1-4-32-25-16-20(10-15-24(25)34-27(31)22-8-6-5-7-9-22)17-28-29-26(30)18-33-23-13-11-21(12-14-23)19(2)3/h5-17,19H,4,18H2,1-3H3,(H,29,30)/b28-17-. The van der Waals surface area contributed by atoms with E-state index in [9.17, 15) is 9.59 Å². The minimum Gasteiger partial charge on any atom is -0.490 e. The zero-order chi connectivity index (χ0) is 24.3. The van der Waals surface area contributed by atoms with Crippen LogP contribution in [0, 0.1) is 0 Å². The maximum Gasteiger partial charge on any atom is 0.343 e. The van der Waals surface area contributed by atoms with Gasteiger partial charge in [0.25, 0.3) is 5.91 Å². The maximum absolute atomic E-state index is 12.3. The molecule has 0 aliphatic heterocycles. The molecule has 0 aromatic heterocycles. The quantitative estimate of drug-likeness (QED) is 0.200. The maximum atomic E-state index is 12.3. The fourth-order valence-electron chi connectivity index (χ4n) is 3.00. The Bertz CT molecular complexity index is 1130. The van der Waals surface area contributed by atoms with Crippen LogP contribution < -0.4 is 19.6 Å². The molecule has 0 aliphatic carbocycles. The molecule has 3 aromatic rings. The fourth-order valence-corrected chi connectivity index (χ4v) is 3.00. The van der Waals surface area contributed by atoms with Crippen LogP contribution in [0.25, 0.3) is 0 Å². The largest absolute Gasteiger partial charge is 0.490 e. The molecule has 1 N–H and O–H groups in total. The van der Waals surface area contributed by atoms with E-state index in [1.54, 1.807) is 42.5 Å². The Hall–Kier alpha value is -4.13. The lowest BCUT2D eigenvalue weighted by Crippen LogP contribution is -2.24. The predicted octanol–water partition coefficient (Wildman–Crippen LogP) is 4.96. The minimum atomic E-state index is -0.478. The molecule has 0 saturated heterocycles. The first-order valence-electron chi connectivity index (χ1n) is 11.0. The van der Waals surface area contributed by atoms with Crippen LogP contribution in [0.3, 0.4) is 0 Å². The summed E-state index contributed by atoms with van der Waals surface area (Å²) < 4.78 is 16.6. The lowest BCUT2D eigenvalue weighted by molar-refractivity contribution is -0.123. The highest BCUT2D eigenvalue weighted by molar-refractivity contribution is 5.91. The molecule has 0 aliphatic rings. The van der Waals surface area contributed by atoms with Gasteiger partial charge >= 0.3 is 5.97 Å². The van der Waals surface area contributed by atoms with Crippen molar-refractivity contribution in [3.8, 4) is 17.2 Å². The lowest BCUT2D eigenvalue weighted by Gasteiger charge is -2.11. The van der Waals surface area contributed by atoms with Crippen molar-refractivity contribution in [2.45, 2.75) is 26.7 Å². The Morgan fingerprint density at radius 2 is 1.68 bits per heavy atom. The predicted molar refractivity (Wildman–Crippen MR) is 131 cm³/mol. The van der Waals surface area contributed by atoms with Crippen molar-refractivity contribution in [2.75, 3.05) is 13.2 Å². The molecule has 0 heterocycles. The lowest BCUT2D eigenvalue weighted by atomic mass is 10.0. The number of carbonyl (C=O) groups excluding carboxylic acids is 2. The van der Waals surface area contributed by atoms with Crippen molar-refractivity contribution in [2.24, 2.45) is 5.10 Å². The summed E-state index contributed by atoms with van der Waals surface area (Å²) in [5.74, 6) is 0.881. The zero-order valence-electron chi connectivity index (χ0n) is 19.5. The topological polar surface area (TPSA) is 86.2 Å². The molecule has 0 atom stereocenters. The fraction of sp³-hybridized carbons (Fsp3) is 0.222. The molecule has 7 heteroatoms. The Balaban J connectivity index is 1.55. The third kappa shape index (κ3) is 7.20. The van der Waals surface area contributed by atoms with Crippen LogP contribution in [-0.4, -0.2) is 31.3 Å². The number of nitrogens with zero attached hydrogens (tertiary/aromatic N) is 1. The number of benzene rings is 3. The van der Waals surface area contributed by atoms with Gasteiger partial charge in [-0.05, 0) is 66.4 Å². The smallest absolute Gasteiger partial charge is 0.343 e. The van der Waals surface area contributed by atoms with Gasteiger partial charge in [-0.15, -0.1) is 0 Å². The van der Waals surface area contributed by atoms with Crippen molar-refractivity contribution in [1.29, 1.82) is 0 Å². The highest BCUT2D eigenvalue weighted by Gasteiger charge is 2.13. The summed E-state index contributed by atoms with van der Waals surface area (Å²) in [7, 11) is 0. The molecule has 0 radical (unpaired) electrons. The molecule has 7 nitrogen and oxygen atoms in total. The van der Waals surface area contributed by atoms with Crippen molar-refractivity contribution in [3.05, 3.63) is 89.5 Å². The number of hydrazone groups is 1. The number of carbonyl (C=O) groups is 2. The van der Waals surface area contributed by atoms with E-state index in [4.69, 9.17) is 14.2 Å².